The highest BCUT2D eigenvalue weighted by Gasteiger charge is 2.44. The molecule has 6 atom stereocenters. The average Bonchev–Trinajstić information content (AvgIpc) is 3.36. The third-order valence-corrected chi connectivity index (χ3v) is 7.00. The lowest BCUT2D eigenvalue weighted by molar-refractivity contribution is -0.00512. The van der Waals surface area contributed by atoms with Gasteiger partial charge in [0, 0.05) is 24.5 Å². The lowest BCUT2D eigenvalue weighted by atomic mass is 10.1. The number of hydrogen-bond acceptors (Lipinski definition) is 9. The van der Waals surface area contributed by atoms with E-state index in [2.05, 4.69) is 43.6 Å². The summed E-state index contributed by atoms with van der Waals surface area (Å²) in [6, 6.07) is 10.0. The van der Waals surface area contributed by atoms with E-state index >= 15 is 0 Å². The van der Waals surface area contributed by atoms with Crippen LogP contribution < -0.4 is 5.32 Å². The van der Waals surface area contributed by atoms with Crippen molar-refractivity contribution in [3.63, 3.8) is 0 Å². The molecule has 0 aliphatic heterocycles. The van der Waals surface area contributed by atoms with Crippen LogP contribution in [0.4, 0.5) is 5.82 Å². The monoisotopic (exact) mass is 452 g/mol. The number of terminal acetylenes is 1. The van der Waals surface area contributed by atoms with Gasteiger partial charge in [0.2, 0.25) is 0 Å². The predicted molar refractivity (Wildman–Crippen MR) is 120 cm³/mol. The molecule has 0 bridgehead atoms. The molecule has 0 saturated heterocycles. The van der Waals surface area contributed by atoms with E-state index < -0.39 is 24.2 Å². The Hall–Kier alpha value is -2.71. The first-order valence-electron chi connectivity index (χ1n) is 10.6. The van der Waals surface area contributed by atoms with E-state index in [0.717, 1.165) is 6.42 Å². The van der Waals surface area contributed by atoms with Crippen LogP contribution in [0.15, 0.2) is 35.5 Å². The molecule has 9 nitrogen and oxygen atoms in total. The molecule has 1 aromatic carbocycles. The lowest BCUT2D eigenvalue weighted by Gasteiger charge is -2.17. The van der Waals surface area contributed by atoms with Gasteiger partial charge in [0.25, 0.3) is 0 Å². The second-order valence-electron chi connectivity index (χ2n) is 8.28. The first kappa shape index (κ1) is 21.2. The minimum absolute atomic E-state index is 0.213. The van der Waals surface area contributed by atoms with Crippen LogP contribution in [0.5, 0.6) is 0 Å². The zero-order chi connectivity index (χ0) is 22.2. The molecule has 166 valence electrons. The first-order valence-corrected chi connectivity index (χ1v) is 11.6. The molecule has 2 unspecified atom stereocenters. The van der Waals surface area contributed by atoms with E-state index in [-0.39, 0.29) is 12.6 Å². The van der Waals surface area contributed by atoms with Gasteiger partial charge in [-0.05, 0) is 18.4 Å². The fraction of sp³-hybridized carbons (Fsp3) is 0.455. The van der Waals surface area contributed by atoms with Crippen LogP contribution in [0, 0.1) is 18.3 Å². The Morgan fingerprint density at radius 3 is 2.69 bits per heavy atom. The number of rotatable bonds is 7. The number of benzene rings is 1. The quantitative estimate of drug-likeness (QED) is 0.237. The summed E-state index contributed by atoms with van der Waals surface area (Å²) in [5.74, 6) is 3.54. The standard InChI is InChI=1S/C22H24N6O3S/c1-2-8-32-22-24-20(23-15-10-14(15)12-6-4-3-5-7-12)17-21(25-22)28(27-26-17)16-9-13(11-29)18(30)19(16)31/h1,3-7,13-16,18-19,29-31H,8-11H2,(H,23,24,25)/t13-,14?,15?,16-,18-,19+/m0/s1. The summed E-state index contributed by atoms with van der Waals surface area (Å²) in [5, 5.41) is 42.8. The molecule has 0 spiro atoms. The highest BCUT2D eigenvalue weighted by atomic mass is 32.2. The molecule has 4 N–H and O–H groups in total. The summed E-state index contributed by atoms with van der Waals surface area (Å²) >= 11 is 1.34. The summed E-state index contributed by atoms with van der Waals surface area (Å²) in [7, 11) is 0. The van der Waals surface area contributed by atoms with E-state index in [1.165, 1.54) is 22.0 Å². The van der Waals surface area contributed by atoms with Gasteiger partial charge in [0.1, 0.15) is 6.10 Å². The molecule has 0 radical (unpaired) electrons. The highest BCUT2D eigenvalue weighted by molar-refractivity contribution is 7.99. The molecule has 32 heavy (non-hydrogen) atoms. The maximum Gasteiger partial charge on any atom is 0.192 e. The van der Waals surface area contributed by atoms with Gasteiger partial charge in [-0.3, -0.25) is 0 Å². The minimum atomic E-state index is -1.07. The van der Waals surface area contributed by atoms with Crippen LogP contribution in [-0.4, -0.2) is 70.9 Å². The summed E-state index contributed by atoms with van der Waals surface area (Å²) in [5.41, 5.74) is 2.25. The maximum absolute atomic E-state index is 10.5. The number of aliphatic hydroxyl groups excluding tert-OH is 3. The number of anilines is 1. The molecule has 5 rings (SSSR count). The second-order valence-corrected chi connectivity index (χ2v) is 9.23. The number of aliphatic hydroxyl groups is 3. The number of thioether (sulfide) groups is 1. The lowest BCUT2D eigenvalue weighted by Crippen LogP contribution is -2.30. The van der Waals surface area contributed by atoms with Gasteiger partial charge in [-0.2, -0.15) is 0 Å². The van der Waals surface area contributed by atoms with Crippen molar-refractivity contribution in [3.05, 3.63) is 35.9 Å². The fourth-order valence-electron chi connectivity index (χ4n) is 4.43. The van der Waals surface area contributed by atoms with E-state index in [1.807, 2.05) is 18.2 Å². The van der Waals surface area contributed by atoms with E-state index in [1.54, 1.807) is 0 Å². The van der Waals surface area contributed by atoms with Crippen LogP contribution in [0.25, 0.3) is 11.2 Å². The molecule has 2 saturated carbocycles. The van der Waals surface area contributed by atoms with Crippen molar-refractivity contribution in [1.82, 2.24) is 25.0 Å². The molecular weight excluding hydrogens is 428 g/mol. The van der Waals surface area contributed by atoms with Gasteiger partial charge >= 0.3 is 0 Å². The first-order chi connectivity index (χ1) is 15.6. The third kappa shape index (κ3) is 3.82. The van der Waals surface area contributed by atoms with Crippen molar-refractivity contribution < 1.29 is 15.3 Å². The summed E-state index contributed by atoms with van der Waals surface area (Å²) in [6.07, 6.45) is 4.67. The molecule has 3 aromatic rings. The van der Waals surface area contributed by atoms with Crippen molar-refractivity contribution in [2.45, 2.75) is 48.2 Å². The molecule has 10 heteroatoms. The number of fused-ring (bicyclic) bond motifs is 1. The predicted octanol–water partition coefficient (Wildman–Crippen LogP) is 1.19. The van der Waals surface area contributed by atoms with Crippen molar-refractivity contribution in [2.24, 2.45) is 5.92 Å². The number of nitrogens with zero attached hydrogens (tertiary/aromatic N) is 5. The second kappa shape index (κ2) is 8.67. The van der Waals surface area contributed by atoms with Crippen LogP contribution in [-0.2, 0) is 0 Å². The number of nitrogens with one attached hydrogen (secondary N) is 1. The normalized spacial score (nSPS) is 29.2. The van der Waals surface area contributed by atoms with E-state index in [0.29, 0.717) is 40.2 Å². The largest absolute Gasteiger partial charge is 0.396 e. The Morgan fingerprint density at radius 1 is 1.16 bits per heavy atom. The van der Waals surface area contributed by atoms with Crippen molar-refractivity contribution in [1.29, 1.82) is 0 Å². The average molecular weight is 453 g/mol. The van der Waals surface area contributed by atoms with Crippen molar-refractivity contribution in [3.8, 4) is 12.3 Å². The van der Waals surface area contributed by atoms with Gasteiger partial charge in [0.15, 0.2) is 22.1 Å². The molecule has 2 aliphatic rings. The van der Waals surface area contributed by atoms with Crippen LogP contribution >= 0.6 is 11.8 Å². The van der Waals surface area contributed by atoms with Gasteiger partial charge in [-0.25, -0.2) is 14.6 Å². The number of hydrogen-bond donors (Lipinski definition) is 4. The Kier molecular flexibility index (Phi) is 5.73. The summed E-state index contributed by atoms with van der Waals surface area (Å²) < 4.78 is 1.53. The maximum atomic E-state index is 10.5. The van der Waals surface area contributed by atoms with Crippen LogP contribution in [0.1, 0.15) is 30.4 Å². The van der Waals surface area contributed by atoms with Crippen molar-refractivity contribution >= 4 is 28.7 Å². The topological polar surface area (TPSA) is 129 Å². The Morgan fingerprint density at radius 2 is 1.97 bits per heavy atom. The molecule has 2 aromatic heterocycles. The van der Waals surface area contributed by atoms with E-state index in [9.17, 15) is 15.3 Å². The zero-order valence-corrected chi connectivity index (χ0v) is 18.1. The van der Waals surface area contributed by atoms with Gasteiger partial charge in [-0.1, -0.05) is 53.2 Å². The van der Waals surface area contributed by atoms with Gasteiger partial charge in [-0.15, -0.1) is 11.5 Å². The smallest absolute Gasteiger partial charge is 0.192 e. The number of aromatic nitrogens is 5. The summed E-state index contributed by atoms with van der Waals surface area (Å²) in [4.78, 5) is 9.22. The highest BCUT2D eigenvalue weighted by Crippen LogP contribution is 2.43. The molecule has 2 heterocycles. The van der Waals surface area contributed by atoms with Gasteiger partial charge < -0.3 is 20.6 Å². The minimum Gasteiger partial charge on any atom is -0.396 e. The molecular formula is C22H24N6O3S. The molecule has 0 amide bonds. The Bertz CT molecular complexity index is 1150. The van der Waals surface area contributed by atoms with Gasteiger partial charge in [0.05, 0.1) is 17.9 Å². The fourth-order valence-corrected chi connectivity index (χ4v) is 4.95. The Balaban J connectivity index is 1.47. The Labute approximate surface area is 189 Å². The van der Waals surface area contributed by atoms with E-state index in [4.69, 9.17) is 6.42 Å². The molecule has 2 aliphatic carbocycles. The van der Waals surface area contributed by atoms with Crippen LogP contribution in [0.2, 0.25) is 0 Å². The van der Waals surface area contributed by atoms with Crippen LogP contribution in [0.3, 0.4) is 0 Å². The zero-order valence-electron chi connectivity index (χ0n) is 17.2. The summed E-state index contributed by atoms with van der Waals surface area (Å²) in [6.45, 7) is -0.213. The third-order valence-electron chi connectivity index (χ3n) is 6.25. The SMILES string of the molecule is C#CCSc1nc(NC2CC2c2ccccc2)c2nnn([C@H]3C[C@@H](CO)[C@H](O)[C@@H]3O)c2n1. The van der Waals surface area contributed by atoms with Crippen molar-refractivity contribution in [2.75, 3.05) is 17.7 Å². The molecule has 2 fully saturated rings.